The van der Waals surface area contributed by atoms with Crippen molar-refractivity contribution in [3.8, 4) is 5.75 Å². The second kappa shape index (κ2) is 5.91. The SMILES string of the molecule is Cc1cc(C)c(C(=O)C(C)Oc2[c]cccc2)c(C)c1. The van der Waals surface area contributed by atoms with Crippen LogP contribution in [-0.2, 0) is 0 Å². The molecule has 0 heterocycles. The highest BCUT2D eigenvalue weighted by Crippen LogP contribution is 2.20. The molecule has 0 saturated carbocycles. The fraction of sp³-hybridized carbons (Fsp3) is 0.278. The van der Waals surface area contributed by atoms with E-state index in [0.29, 0.717) is 5.75 Å². The summed E-state index contributed by atoms with van der Waals surface area (Å²) >= 11 is 0. The van der Waals surface area contributed by atoms with Crippen LogP contribution in [0.25, 0.3) is 0 Å². The molecule has 0 saturated heterocycles. The smallest absolute Gasteiger partial charge is 0.203 e. The average molecular weight is 267 g/mol. The minimum absolute atomic E-state index is 0.0113. The largest absolute Gasteiger partial charge is 0.482 e. The van der Waals surface area contributed by atoms with Crippen LogP contribution in [0.1, 0.15) is 34.0 Å². The minimum Gasteiger partial charge on any atom is -0.482 e. The van der Waals surface area contributed by atoms with Crippen molar-refractivity contribution in [1.29, 1.82) is 0 Å². The Morgan fingerprint density at radius 1 is 1.15 bits per heavy atom. The van der Waals surface area contributed by atoms with Crippen LogP contribution in [0.3, 0.4) is 0 Å². The zero-order valence-corrected chi connectivity index (χ0v) is 12.4. The lowest BCUT2D eigenvalue weighted by Gasteiger charge is -2.17. The summed E-state index contributed by atoms with van der Waals surface area (Å²) in [5.74, 6) is 0.605. The second-order valence-corrected chi connectivity index (χ2v) is 5.12. The predicted molar refractivity (Wildman–Crippen MR) is 80.4 cm³/mol. The Hall–Kier alpha value is -2.09. The van der Waals surface area contributed by atoms with E-state index >= 15 is 0 Å². The summed E-state index contributed by atoms with van der Waals surface area (Å²) in [4.78, 5) is 12.6. The fourth-order valence-corrected chi connectivity index (χ4v) is 2.47. The summed E-state index contributed by atoms with van der Waals surface area (Å²) in [5, 5.41) is 0. The van der Waals surface area contributed by atoms with Gasteiger partial charge in [-0.15, -0.1) is 0 Å². The van der Waals surface area contributed by atoms with E-state index < -0.39 is 6.10 Å². The molecular formula is C18H19O2. The molecule has 0 fully saturated rings. The number of hydrogen-bond acceptors (Lipinski definition) is 2. The third-order valence-corrected chi connectivity index (χ3v) is 3.28. The van der Waals surface area contributed by atoms with Crippen LogP contribution in [-0.4, -0.2) is 11.9 Å². The predicted octanol–water partition coefficient (Wildman–Crippen LogP) is 4.06. The fourth-order valence-electron chi connectivity index (χ4n) is 2.47. The standard InChI is InChI=1S/C18H19O2/c1-12-10-13(2)17(14(3)11-12)18(19)15(4)20-16-8-6-5-7-9-16/h5-8,10-11,15H,1-4H3. The van der Waals surface area contributed by atoms with Gasteiger partial charge in [-0.05, 0) is 44.9 Å². The molecule has 2 aromatic carbocycles. The van der Waals surface area contributed by atoms with Gasteiger partial charge in [-0.3, -0.25) is 4.79 Å². The van der Waals surface area contributed by atoms with Crippen molar-refractivity contribution in [2.45, 2.75) is 33.8 Å². The average Bonchev–Trinajstić information content (AvgIpc) is 2.38. The van der Waals surface area contributed by atoms with Gasteiger partial charge < -0.3 is 4.74 Å². The molecule has 0 aliphatic rings. The van der Waals surface area contributed by atoms with Crippen LogP contribution >= 0.6 is 0 Å². The Bertz CT molecular complexity index is 592. The summed E-state index contributed by atoms with van der Waals surface area (Å²) in [6, 6.07) is 14.3. The van der Waals surface area contributed by atoms with Crippen LogP contribution in [0.15, 0.2) is 36.4 Å². The molecule has 0 aromatic heterocycles. The van der Waals surface area contributed by atoms with E-state index in [0.717, 1.165) is 16.7 Å². The lowest BCUT2D eigenvalue weighted by Crippen LogP contribution is -2.25. The van der Waals surface area contributed by atoms with Gasteiger partial charge in [-0.25, -0.2) is 0 Å². The highest BCUT2D eigenvalue weighted by atomic mass is 16.5. The first kappa shape index (κ1) is 14.3. The van der Waals surface area contributed by atoms with Crippen molar-refractivity contribution >= 4 is 5.78 Å². The second-order valence-electron chi connectivity index (χ2n) is 5.12. The molecule has 0 bridgehead atoms. The molecule has 0 aliphatic carbocycles. The number of carbonyl (C=O) groups is 1. The topological polar surface area (TPSA) is 26.3 Å². The molecule has 0 aliphatic heterocycles. The molecule has 2 heteroatoms. The van der Waals surface area contributed by atoms with Gasteiger partial charge in [0.1, 0.15) is 5.75 Å². The summed E-state index contributed by atoms with van der Waals surface area (Å²) in [5.41, 5.74) is 3.93. The molecular weight excluding hydrogens is 248 g/mol. The van der Waals surface area contributed by atoms with E-state index in [-0.39, 0.29) is 5.78 Å². The number of benzene rings is 2. The van der Waals surface area contributed by atoms with Crippen LogP contribution in [0.5, 0.6) is 5.75 Å². The van der Waals surface area contributed by atoms with Gasteiger partial charge in [0, 0.05) is 11.6 Å². The summed E-state index contributed by atoms with van der Waals surface area (Å²) in [7, 11) is 0. The number of carbonyl (C=O) groups excluding carboxylic acids is 1. The molecule has 2 rings (SSSR count). The summed E-state index contributed by atoms with van der Waals surface area (Å²) < 4.78 is 5.67. The first-order chi connectivity index (χ1) is 9.49. The maximum absolute atomic E-state index is 12.6. The maximum Gasteiger partial charge on any atom is 0.203 e. The Balaban J connectivity index is 2.23. The van der Waals surface area contributed by atoms with E-state index in [4.69, 9.17) is 4.74 Å². The molecule has 2 aromatic rings. The zero-order valence-electron chi connectivity index (χ0n) is 12.4. The number of Topliss-reactive ketones (excluding diaryl/α,β-unsaturated/α-hetero) is 1. The molecule has 103 valence electrons. The molecule has 0 N–H and O–H groups in total. The Morgan fingerprint density at radius 2 is 1.80 bits per heavy atom. The molecule has 0 amide bonds. The van der Waals surface area contributed by atoms with Crippen molar-refractivity contribution < 1.29 is 9.53 Å². The number of ether oxygens (including phenoxy) is 1. The highest BCUT2D eigenvalue weighted by Gasteiger charge is 2.20. The number of rotatable bonds is 4. The minimum atomic E-state index is -0.520. The summed E-state index contributed by atoms with van der Waals surface area (Å²) in [6.07, 6.45) is -0.520. The first-order valence-corrected chi connectivity index (χ1v) is 6.74. The van der Waals surface area contributed by atoms with Crippen molar-refractivity contribution in [3.63, 3.8) is 0 Å². The van der Waals surface area contributed by atoms with Crippen molar-refractivity contribution in [2.24, 2.45) is 0 Å². The molecule has 2 nitrogen and oxygen atoms in total. The van der Waals surface area contributed by atoms with Gasteiger partial charge in [-0.1, -0.05) is 35.9 Å². The Kier molecular flexibility index (Phi) is 4.23. The first-order valence-electron chi connectivity index (χ1n) is 6.74. The van der Waals surface area contributed by atoms with Gasteiger partial charge in [-0.2, -0.15) is 0 Å². The number of hydrogen-bond donors (Lipinski definition) is 0. The van der Waals surface area contributed by atoms with Crippen molar-refractivity contribution in [2.75, 3.05) is 0 Å². The maximum atomic E-state index is 12.6. The zero-order chi connectivity index (χ0) is 14.7. The molecule has 1 atom stereocenters. The molecule has 1 unspecified atom stereocenters. The van der Waals surface area contributed by atoms with E-state index in [1.165, 1.54) is 5.56 Å². The van der Waals surface area contributed by atoms with E-state index in [9.17, 15) is 4.79 Å². The van der Waals surface area contributed by atoms with E-state index in [2.05, 4.69) is 6.07 Å². The Labute approximate surface area is 120 Å². The van der Waals surface area contributed by atoms with Crippen LogP contribution in [0, 0.1) is 26.8 Å². The number of para-hydroxylation sites is 1. The summed E-state index contributed by atoms with van der Waals surface area (Å²) in [6.45, 7) is 7.75. The van der Waals surface area contributed by atoms with E-state index in [1.807, 2.05) is 45.0 Å². The number of aryl methyl sites for hydroxylation is 3. The monoisotopic (exact) mass is 267 g/mol. The highest BCUT2D eigenvalue weighted by molar-refractivity contribution is 6.02. The van der Waals surface area contributed by atoms with Gasteiger partial charge in [0.2, 0.25) is 5.78 Å². The van der Waals surface area contributed by atoms with Gasteiger partial charge in [0.15, 0.2) is 6.10 Å². The normalized spacial score (nSPS) is 12.0. The lowest BCUT2D eigenvalue weighted by atomic mass is 9.94. The third kappa shape index (κ3) is 3.08. The molecule has 1 radical (unpaired) electrons. The lowest BCUT2D eigenvalue weighted by molar-refractivity contribution is 0.0816. The molecule has 0 spiro atoms. The van der Waals surface area contributed by atoms with Gasteiger partial charge in [0.25, 0.3) is 0 Å². The van der Waals surface area contributed by atoms with Crippen molar-refractivity contribution in [3.05, 3.63) is 64.7 Å². The van der Waals surface area contributed by atoms with Crippen LogP contribution in [0.2, 0.25) is 0 Å². The van der Waals surface area contributed by atoms with Crippen molar-refractivity contribution in [1.82, 2.24) is 0 Å². The quantitative estimate of drug-likeness (QED) is 0.781. The van der Waals surface area contributed by atoms with Crippen LogP contribution in [0.4, 0.5) is 0 Å². The number of ketones is 1. The van der Waals surface area contributed by atoms with Crippen LogP contribution < -0.4 is 4.74 Å². The molecule has 20 heavy (non-hydrogen) atoms. The van der Waals surface area contributed by atoms with E-state index in [1.54, 1.807) is 19.1 Å². The van der Waals surface area contributed by atoms with Gasteiger partial charge >= 0.3 is 0 Å². The Morgan fingerprint density at radius 3 is 2.35 bits per heavy atom. The third-order valence-electron chi connectivity index (χ3n) is 3.28. The van der Waals surface area contributed by atoms with Gasteiger partial charge in [0.05, 0.1) is 0 Å².